The summed E-state index contributed by atoms with van der Waals surface area (Å²) >= 11 is 1.71. The van der Waals surface area contributed by atoms with Gasteiger partial charge in [0, 0.05) is 24.1 Å². The number of nitrogens with zero attached hydrogens (tertiary/aromatic N) is 1. The van der Waals surface area contributed by atoms with Gasteiger partial charge >= 0.3 is 0 Å². The van der Waals surface area contributed by atoms with Crippen molar-refractivity contribution in [3.63, 3.8) is 0 Å². The van der Waals surface area contributed by atoms with E-state index in [1.165, 1.54) is 4.70 Å². The molecule has 0 unspecified atom stereocenters. The highest BCUT2D eigenvalue weighted by Crippen LogP contribution is 2.33. The number of methoxy groups -OCH3 is 2. The SMILES string of the molecule is C=CCc1cc(C(=O)NCCCc2nc3ccccc3s2)cc(OC)c1OC. The molecule has 146 valence electrons. The molecular weight excluding hydrogens is 372 g/mol. The van der Waals surface area contributed by atoms with Crippen molar-refractivity contribution in [2.75, 3.05) is 20.8 Å². The van der Waals surface area contributed by atoms with Crippen LogP contribution in [-0.2, 0) is 12.8 Å². The Kier molecular flexibility index (Phi) is 6.66. The number of carbonyl (C=O) groups excluding carboxylic acids is 1. The second-order valence-corrected chi connectivity index (χ2v) is 7.41. The highest BCUT2D eigenvalue weighted by molar-refractivity contribution is 7.18. The van der Waals surface area contributed by atoms with Gasteiger partial charge in [0.25, 0.3) is 5.91 Å². The van der Waals surface area contributed by atoms with Crippen molar-refractivity contribution < 1.29 is 14.3 Å². The van der Waals surface area contributed by atoms with Gasteiger partial charge in [-0.15, -0.1) is 17.9 Å². The van der Waals surface area contributed by atoms with Gasteiger partial charge in [-0.1, -0.05) is 18.2 Å². The Morgan fingerprint density at radius 2 is 2.07 bits per heavy atom. The van der Waals surface area contributed by atoms with Gasteiger partial charge in [0.1, 0.15) is 0 Å². The largest absolute Gasteiger partial charge is 0.493 e. The molecule has 0 saturated heterocycles. The van der Waals surface area contributed by atoms with Crippen LogP contribution in [0.2, 0.25) is 0 Å². The number of aryl methyl sites for hydroxylation is 1. The molecule has 28 heavy (non-hydrogen) atoms. The molecule has 0 spiro atoms. The third kappa shape index (κ3) is 4.51. The summed E-state index contributed by atoms with van der Waals surface area (Å²) in [6.07, 6.45) is 4.04. The van der Waals surface area contributed by atoms with E-state index in [0.29, 0.717) is 30.0 Å². The predicted octanol–water partition coefficient (Wildman–Crippen LogP) is 4.40. The summed E-state index contributed by atoms with van der Waals surface area (Å²) in [7, 11) is 3.15. The van der Waals surface area contributed by atoms with Crippen LogP contribution in [0.5, 0.6) is 11.5 Å². The first-order valence-corrected chi connectivity index (χ1v) is 9.96. The highest BCUT2D eigenvalue weighted by atomic mass is 32.1. The number of hydrogen-bond donors (Lipinski definition) is 1. The van der Waals surface area contributed by atoms with Gasteiger partial charge in [0.15, 0.2) is 11.5 Å². The van der Waals surface area contributed by atoms with Crippen molar-refractivity contribution in [2.24, 2.45) is 0 Å². The van der Waals surface area contributed by atoms with Crippen LogP contribution in [0.25, 0.3) is 10.2 Å². The van der Waals surface area contributed by atoms with E-state index in [-0.39, 0.29) is 5.91 Å². The number of aromatic nitrogens is 1. The first kappa shape index (κ1) is 19.9. The third-order valence-electron chi connectivity index (χ3n) is 4.37. The third-order valence-corrected chi connectivity index (χ3v) is 5.47. The molecule has 0 aliphatic carbocycles. The minimum Gasteiger partial charge on any atom is -0.493 e. The lowest BCUT2D eigenvalue weighted by Crippen LogP contribution is -2.25. The van der Waals surface area contributed by atoms with E-state index in [9.17, 15) is 4.79 Å². The number of hydrogen-bond acceptors (Lipinski definition) is 5. The molecule has 0 saturated carbocycles. The highest BCUT2D eigenvalue weighted by Gasteiger charge is 2.15. The Morgan fingerprint density at radius 1 is 1.25 bits per heavy atom. The van der Waals surface area contributed by atoms with E-state index in [1.807, 2.05) is 24.3 Å². The minimum atomic E-state index is -0.129. The fourth-order valence-corrected chi connectivity index (χ4v) is 4.06. The summed E-state index contributed by atoms with van der Waals surface area (Å²) < 4.78 is 12.0. The average Bonchev–Trinajstić information content (AvgIpc) is 3.13. The van der Waals surface area contributed by atoms with Gasteiger partial charge in [0.05, 0.1) is 29.4 Å². The van der Waals surface area contributed by atoms with Crippen LogP contribution in [-0.4, -0.2) is 31.7 Å². The number of para-hydroxylation sites is 1. The number of rotatable bonds is 9. The van der Waals surface area contributed by atoms with Gasteiger partial charge in [-0.05, 0) is 37.1 Å². The second-order valence-electron chi connectivity index (χ2n) is 6.30. The molecule has 2 aromatic carbocycles. The molecule has 3 aromatic rings. The Hall–Kier alpha value is -2.86. The number of allylic oxidation sites excluding steroid dienone is 1. The van der Waals surface area contributed by atoms with E-state index < -0.39 is 0 Å². The number of ether oxygens (including phenoxy) is 2. The first-order chi connectivity index (χ1) is 13.7. The van der Waals surface area contributed by atoms with Crippen LogP contribution in [0.1, 0.15) is 27.3 Å². The normalized spacial score (nSPS) is 10.6. The number of carbonyl (C=O) groups is 1. The molecule has 1 aromatic heterocycles. The average molecular weight is 397 g/mol. The molecule has 3 rings (SSSR count). The van der Waals surface area contributed by atoms with Crippen LogP contribution in [0.4, 0.5) is 0 Å². The molecule has 1 amide bonds. The first-order valence-electron chi connectivity index (χ1n) is 9.14. The Bertz CT molecular complexity index is 948. The lowest BCUT2D eigenvalue weighted by molar-refractivity contribution is 0.0952. The van der Waals surface area contributed by atoms with E-state index in [0.717, 1.165) is 28.9 Å². The lowest BCUT2D eigenvalue weighted by atomic mass is 10.0. The molecule has 5 nitrogen and oxygen atoms in total. The van der Waals surface area contributed by atoms with Crippen molar-refractivity contribution >= 4 is 27.5 Å². The zero-order valence-electron chi connectivity index (χ0n) is 16.2. The molecule has 0 aliphatic rings. The van der Waals surface area contributed by atoms with E-state index in [1.54, 1.807) is 37.7 Å². The topological polar surface area (TPSA) is 60.5 Å². The summed E-state index contributed by atoms with van der Waals surface area (Å²) in [6, 6.07) is 11.6. The maximum atomic E-state index is 12.6. The summed E-state index contributed by atoms with van der Waals surface area (Å²) in [6.45, 7) is 4.35. The van der Waals surface area contributed by atoms with Crippen molar-refractivity contribution in [2.45, 2.75) is 19.3 Å². The quantitative estimate of drug-likeness (QED) is 0.430. The fourth-order valence-electron chi connectivity index (χ4n) is 3.05. The Morgan fingerprint density at radius 3 is 2.79 bits per heavy atom. The van der Waals surface area contributed by atoms with Gasteiger partial charge in [-0.25, -0.2) is 4.98 Å². The maximum Gasteiger partial charge on any atom is 0.251 e. The van der Waals surface area contributed by atoms with Crippen molar-refractivity contribution in [1.29, 1.82) is 0 Å². The second kappa shape index (κ2) is 9.37. The van der Waals surface area contributed by atoms with Gasteiger partial charge in [0.2, 0.25) is 0 Å². The zero-order chi connectivity index (χ0) is 19.9. The number of fused-ring (bicyclic) bond motifs is 1. The summed E-state index contributed by atoms with van der Waals surface area (Å²) in [4.78, 5) is 17.2. The van der Waals surface area contributed by atoms with Crippen LogP contribution in [0.3, 0.4) is 0 Å². The van der Waals surface area contributed by atoms with Gasteiger partial charge in [-0.2, -0.15) is 0 Å². The van der Waals surface area contributed by atoms with Gasteiger partial charge < -0.3 is 14.8 Å². The summed E-state index contributed by atoms with van der Waals surface area (Å²) in [5.74, 6) is 1.05. The van der Waals surface area contributed by atoms with Crippen molar-refractivity contribution in [1.82, 2.24) is 10.3 Å². The lowest BCUT2D eigenvalue weighted by Gasteiger charge is -2.14. The Labute approximate surface area is 169 Å². The summed E-state index contributed by atoms with van der Waals surface area (Å²) in [5, 5.41) is 4.07. The van der Waals surface area contributed by atoms with Crippen LogP contribution in [0.15, 0.2) is 49.1 Å². The number of thiazole rings is 1. The molecule has 0 fully saturated rings. The number of benzene rings is 2. The Balaban J connectivity index is 1.61. The zero-order valence-corrected chi connectivity index (χ0v) is 17.0. The van der Waals surface area contributed by atoms with Crippen LogP contribution in [0, 0.1) is 0 Å². The van der Waals surface area contributed by atoms with Crippen molar-refractivity contribution in [3.05, 3.63) is 65.2 Å². The molecule has 0 bridgehead atoms. The maximum absolute atomic E-state index is 12.6. The minimum absolute atomic E-state index is 0.129. The molecule has 6 heteroatoms. The smallest absolute Gasteiger partial charge is 0.251 e. The van der Waals surface area contributed by atoms with Gasteiger partial charge in [-0.3, -0.25) is 4.79 Å². The monoisotopic (exact) mass is 396 g/mol. The molecule has 0 radical (unpaired) electrons. The molecule has 1 N–H and O–H groups in total. The van der Waals surface area contributed by atoms with Crippen LogP contribution < -0.4 is 14.8 Å². The van der Waals surface area contributed by atoms with Crippen LogP contribution >= 0.6 is 11.3 Å². The summed E-state index contributed by atoms with van der Waals surface area (Å²) in [5.41, 5.74) is 2.46. The van der Waals surface area contributed by atoms with Crippen molar-refractivity contribution in [3.8, 4) is 11.5 Å². The van der Waals surface area contributed by atoms with E-state index in [2.05, 4.69) is 22.9 Å². The standard InChI is InChI=1S/C22H24N2O3S/c1-4-8-15-13-16(14-18(26-2)21(15)27-3)22(25)23-12-7-11-20-24-17-9-5-6-10-19(17)28-20/h4-6,9-10,13-14H,1,7-8,11-12H2,2-3H3,(H,23,25). The molecule has 0 aliphatic heterocycles. The fraction of sp³-hybridized carbons (Fsp3) is 0.273. The molecule has 1 heterocycles. The number of amides is 1. The predicted molar refractivity (Wildman–Crippen MR) is 114 cm³/mol. The number of nitrogens with one attached hydrogen (secondary N) is 1. The molecular formula is C22H24N2O3S. The van der Waals surface area contributed by atoms with E-state index in [4.69, 9.17) is 9.47 Å². The van der Waals surface area contributed by atoms with E-state index >= 15 is 0 Å². The molecule has 0 atom stereocenters.